The lowest BCUT2D eigenvalue weighted by molar-refractivity contribution is 0.0985. The summed E-state index contributed by atoms with van der Waals surface area (Å²) >= 11 is 0. The summed E-state index contributed by atoms with van der Waals surface area (Å²) in [5.41, 5.74) is 22.5. The summed E-state index contributed by atoms with van der Waals surface area (Å²) in [6, 6.07) is 37.8. The third-order valence-electron chi connectivity index (χ3n) is 28.0. The maximum absolute atomic E-state index is 14.4. The zero-order valence-electron chi connectivity index (χ0n) is 85.7. The van der Waals surface area contributed by atoms with Gasteiger partial charge in [0.2, 0.25) is 0 Å². The Morgan fingerprint density at radius 2 is 0.732 bits per heavy atom. The molecule has 0 amide bonds. The van der Waals surface area contributed by atoms with Gasteiger partial charge in [0.25, 0.3) is 0 Å². The third kappa shape index (κ3) is 20.3. The molecular formula is C109H117F3N32O5. The molecule has 0 aliphatic carbocycles. The topological polar surface area (TPSA) is 396 Å². The number of benzene rings is 3. The maximum atomic E-state index is 14.4. The first-order valence-electron chi connectivity index (χ1n) is 50.2. The number of rotatable bonds is 16. The lowest BCUT2D eigenvalue weighted by Crippen LogP contribution is -2.44. The van der Waals surface area contributed by atoms with E-state index in [2.05, 4.69) is 144 Å². The number of fused-ring (bicyclic) bond motifs is 5. The van der Waals surface area contributed by atoms with Crippen LogP contribution in [0.2, 0.25) is 0 Å². The second-order valence-electron chi connectivity index (χ2n) is 38.2. The van der Waals surface area contributed by atoms with Gasteiger partial charge in [-0.05, 0) is 180 Å². The zero-order valence-corrected chi connectivity index (χ0v) is 85.7. The van der Waals surface area contributed by atoms with Gasteiger partial charge in [0.1, 0.15) is 57.8 Å². The van der Waals surface area contributed by atoms with Gasteiger partial charge >= 0.3 is 0 Å². The number of H-pyrrole nitrogens is 6. The van der Waals surface area contributed by atoms with E-state index in [4.69, 9.17) is 73.5 Å². The lowest BCUT2D eigenvalue weighted by atomic mass is 10.1. The van der Waals surface area contributed by atoms with Gasteiger partial charge in [-0.2, -0.15) is 25.5 Å². The minimum absolute atomic E-state index is 0.182. The van der Waals surface area contributed by atoms with Gasteiger partial charge in [-0.3, -0.25) is 23.8 Å². The van der Waals surface area contributed by atoms with Crippen LogP contribution in [0.5, 0.6) is 0 Å². The number of aromatic amines is 6. The average molecular weight is 2010 g/mol. The predicted molar refractivity (Wildman–Crippen MR) is 570 cm³/mol. The van der Waals surface area contributed by atoms with Crippen molar-refractivity contribution < 1.29 is 36.9 Å². The summed E-state index contributed by atoms with van der Waals surface area (Å²) in [6.07, 6.45) is 16.4. The summed E-state index contributed by atoms with van der Waals surface area (Å²) < 4.78 is 78.5. The van der Waals surface area contributed by atoms with Crippen LogP contribution >= 0.6 is 0 Å². The first kappa shape index (κ1) is 98.7. The first-order chi connectivity index (χ1) is 72.3. The molecule has 17 aromatic heterocycles. The molecule has 5 aliphatic heterocycles. The Kier molecular flexibility index (Phi) is 28.0. The van der Waals surface area contributed by atoms with Crippen LogP contribution in [-0.4, -0.2) is 263 Å². The molecule has 20 aromatic rings. The second kappa shape index (κ2) is 42.3. The van der Waals surface area contributed by atoms with Crippen molar-refractivity contribution >= 4 is 83.9 Å². The Labute approximate surface area is 856 Å². The molecule has 0 unspecified atom stereocenters. The largest absolute Gasteiger partial charge is 0.377 e. The zero-order chi connectivity index (χ0) is 103. The number of aryl methyl sites for hydroxylation is 9. The van der Waals surface area contributed by atoms with Crippen LogP contribution in [0.25, 0.3) is 168 Å². The minimum Gasteiger partial charge on any atom is -0.377 e. The van der Waals surface area contributed by atoms with E-state index in [0.717, 1.165) is 225 Å². The van der Waals surface area contributed by atoms with E-state index in [-0.39, 0.29) is 47.7 Å². The van der Waals surface area contributed by atoms with Crippen molar-refractivity contribution in [2.45, 2.75) is 120 Å². The van der Waals surface area contributed by atoms with Crippen LogP contribution < -0.4 is 24.5 Å². The predicted octanol–water partition coefficient (Wildman–Crippen LogP) is 17.8. The van der Waals surface area contributed by atoms with Crippen LogP contribution in [0.3, 0.4) is 0 Å². The van der Waals surface area contributed by atoms with Crippen LogP contribution in [0.1, 0.15) is 75.6 Å². The first-order valence-corrected chi connectivity index (χ1v) is 50.2. The number of ether oxygens (including phenoxy) is 5. The molecule has 5 aliphatic rings. The molecule has 5 saturated heterocycles. The quantitative estimate of drug-likeness (QED) is 0.0523. The molecule has 764 valence electrons. The molecule has 22 heterocycles. The molecule has 0 radical (unpaired) electrons. The number of nitrogens with zero attached hydrogens (tertiary/aromatic N) is 26. The second-order valence-corrected chi connectivity index (χ2v) is 38.2. The van der Waals surface area contributed by atoms with Gasteiger partial charge in [0, 0.05) is 234 Å². The summed E-state index contributed by atoms with van der Waals surface area (Å²) in [5, 5.41) is 29.9. The number of hydrogen-bond acceptors (Lipinski definition) is 27. The smallest absolute Gasteiger partial charge is 0.162 e. The highest BCUT2D eigenvalue weighted by atomic mass is 19.1. The summed E-state index contributed by atoms with van der Waals surface area (Å²) in [7, 11) is 5.76. The van der Waals surface area contributed by atoms with Gasteiger partial charge in [0.15, 0.2) is 29.1 Å². The molecule has 3 aromatic carbocycles. The number of pyridine rings is 2. The molecule has 5 fully saturated rings. The van der Waals surface area contributed by atoms with Crippen molar-refractivity contribution in [2.75, 3.05) is 123 Å². The Hall–Kier alpha value is -16.3. The summed E-state index contributed by atoms with van der Waals surface area (Å²) in [4.78, 5) is 84.6. The number of aromatic nitrogens is 27. The summed E-state index contributed by atoms with van der Waals surface area (Å²) in [6.45, 7) is 36.0. The molecule has 149 heavy (non-hydrogen) atoms. The Morgan fingerprint density at radius 1 is 0.356 bits per heavy atom. The molecule has 5 atom stereocenters. The van der Waals surface area contributed by atoms with Crippen LogP contribution in [0.4, 0.5) is 42.3 Å². The maximum Gasteiger partial charge on any atom is 0.162 e. The minimum atomic E-state index is -0.327. The number of anilines is 5. The SMILES string of the molecule is CCn1nccc1-c1cc(N2CCOC[C@H]2C)nc(-c2cc(F)cc3[nH]ccc23)n1.Cc1cc(-c2cc(N3CCOC[C@H]3C)nc(-c3cc(F)cc4[nH]ccc34)n2)n(C)n1.Cc1cnn(C)c1-c1cc(N2CCOC[C@H]2C)nc(-c2cc(F)cc3[nH]ccc23)n1.Cc1n[nH]c(C)c1-c1cc(N2CCOC[C@H]2C)nc(-c2ccnc3[nH]ccc23)n1.Cc1nn(C)c(C)c1-c1cc(N2CCOC[C@H]2C)nc(-c2ccnc3[nH]ccc23)n1. The van der Waals surface area contributed by atoms with Crippen LogP contribution in [-0.2, 0) is 51.4 Å². The number of halogens is 3. The van der Waals surface area contributed by atoms with Crippen LogP contribution in [0, 0.1) is 59.0 Å². The van der Waals surface area contributed by atoms with Gasteiger partial charge in [-0.1, -0.05) is 0 Å². The highest BCUT2D eigenvalue weighted by Gasteiger charge is 2.33. The lowest BCUT2D eigenvalue weighted by Gasteiger charge is -2.34. The highest BCUT2D eigenvalue weighted by Crippen LogP contribution is 2.41. The van der Waals surface area contributed by atoms with Crippen molar-refractivity contribution in [3.63, 3.8) is 0 Å². The van der Waals surface area contributed by atoms with Crippen molar-refractivity contribution in [1.29, 1.82) is 0 Å². The van der Waals surface area contributed by atoms with E-state index in [9.17, 15) is 13.2 Å². The number of morpholine rings is 5. The summed E-state index contributed by atoms with van der Waals surface area (Å²) in [5.74, 6) is 6.10. The standard InChI is InChI=1S/3C22H23FN6O.C22H25N7O.C21H23N7O/c1-13-11-25-28(3)21(13)19-10-20(29-6-7-30-12-14(29)2)27-22(26-19)17-8-15(23)9-18-16(17)4-5-24-18;1-13-8-20(28(3)27-13)19-11-21(29-6-7-30-12-14(29)2)26-22(25-19)17-9-15(23)10-18-16(17)4-5-24-18;1-3-29-20(5-7-25-29)19-12-21(28-8-9-30-13-14(28)2)27-22(26-19)17-10-15(23)11-18-16(17)4-6-24-18;1-13-12-30-10-9-29(13)19-11-18(20-14(2)27-28(4)15(20)3)25-22(26-19)17-6-8-24-21-16(17)5-7-23-21;1-12-11-29-9-8-28(12)18-10-17(19-13(2)26-27-14(19)3)24-21(25-18)16-5-7-23-20-15(16)4-6-22-20/h2*4-5,8-11,14,24H,6-7,12H2,1-3H3;4-7,10-12,14,24H,3,8-9,13H2,1-2H3;5-8,11,13H,9-10,12H2,1-4H3,(H,23,24);4-7,10,12H,8-9,11H2,1-3H3,(H,22,23)(H,26,27)/t3*14-;13-;12-/m11111/s1. The average Bonchev–Trinajstić information content (AvgIpc) is 1.72. The molecule has 25 rings (SSSR count). The fourth-order valence-corrected chi connectivity index (χ4v) is 20.4. The molecular weight excluding hydrogens is 1890 g/mol. The van der Waals surface area contributed by atoms with E-state index in [1.807, 2.05) is 173 Å². The highest BCUT2D eigenvalue weighted by molar-refractivity contribution is 5.98. The van der Waals surface area contributed by atoms with Crippen molar-refractivity contribution in [3.8, 4) is 114 Å². The molecule has 40 heteroatoms. The molecule has 6 N–H and O–H groups in total. The van der Waals surface area contributed by atoms with E-state index in [1.54, 1.807) is 37.2 Å². The van der Waals surface area contributed by atoms with Crippen LogP contribution in [0.15, 0.2) is 177 Å². The number of nitrogens with one attached hydrogen (secondary N) is 6. The van der Waals surface area contributed by atoms with E-state index in [0.29, 0.717) is 112 Å². The molecule has 0 spiro atoms. The molecule has 37 nitrogen and oxygen atoms in total. The molecule has 0 bridgehead atoms. The van der Waals surface area contributed by atoms with E-state index >= 15 is 0 Å². The van der Waals surface area contributed by atoms with Crippen molar-refractivity contribution in [3.05, 3.63) is 229 Å². The van der Waals surface area contributed by atoms with Gasteiger partial charge in [-0.25, -0.2) is 73.0 Å². The van der Waals surface area contributed by atoms with Gasteiger partial charge in [0.05, 0.1) is 165 Å². The van der Waals surface area contributed by atoms with Crippen molar-refractivity contribution in [2.24, 2.45) is 21.1 Å². The monoisotopic (exact) mass is 2010 g/mol. The normalized spacial score (nSPS) is 17.1. The molecule has 0 saturated carbocycles. The van der Waals surface area contributed by atoms with Gasteiger partial charge in [-0.15, -0.1) is 0 Å². The fraction of sp³-hybridized carbons (Fsp3) is 0.330. The Morgan fingerprint density at radius 3 is 1.10 bits per heavy atom. The Balaban J connectivity index is 0.000000109. The number of hydrogen-bond donors (Lipinski definition) is 6. The fourth-order valence-electron chi connectivity index (χ4n) is 20.4. The van der Waals surface area contributed by atoms with E-state index < -0.39 is 0 Å². The van der Waals surface area contributed by atoms with Gasteiger partial charge < -0.3 is 73.1 Å². The third-order valence-corrected chi connectivity index (χ3v) is 28.0. The van der Waals surface area contributed by atoms with E-state index in [1.165, 1.54) is 36.4 Å². The Bertz CT molecular complexity index is 8210. The van der Waals surface area contributed by atoms with Crippen molar-refractivity contribution in [1.82, 2.24) is 134 Å².